The lowest BCUT2D eigenvalue weighted by atomic mass is 10.1. The first-order valence-electron chi connectivity index (χ1n) is 10.7. The summed E-state index contributed by atoms with van der Waals surface area (Å²) in [6, 6.07) is 5.70. The second kappa shape index (κ2) is 13.0. The van der Waals surface area contributed by atoms with E-state index in [9.17, 15) is 13.2 Å². The van der Waals surface area contributed by atoms with Gasteiger partial charge in [0, 0.05) is 45.3 Å². The minimum atomic E-state index is -4.29. The molecule has 178 valence electrons. The van der Waals surface area contributed by atoms with Crippen LogP contribution in [-0.4, -0.2) is 57.8 Å². The quantitative estimate of drug-likeness (QED) is 0.211. The van der Waals surface area contributed by atoms with Crippen LogP contribution in [0.15, 0.2) is 41.9 Å². The maximum atomic E-state index is 12.7. The molecule has 32 heavy (non-hydrogen) atoms. The Morgan fingerprint density at radius 3 is 2.53 bits per heavy atom. The van der Waals surface area contributed by atoms with Crippen molar-refractivity contribution < 1.29 is 13.2 Å². The number of guanidine groups is 1. The van der Waals surface area contributed by atoms with Crippen molar-refractivity contribution in [3.05, 3.63) is 48.0 Å². The van der Waals surface area contributed by atoms with Crippen LogP contribution in [0.2, 0.25) is 0 Å². The second-order valence-corrected chi connectivity index (χ2v) is 7.73. The van der Waals surface area contributed by atoms with E-state index in [1.54, 1.807) is 24.8 Å². The standard InChI is InChI=1S/C21H30F3N7.HI/c1-2-25-20(26-10-3-4-11-31-15-27-28-16-31)29-19-9-12-30(14-19)13-17-5-7-18(8-6-17)21(22,23)24;/h5-8,15-16,19H,2-4,9-14H2,1H3,(H2,25,26,29);1H. The molecule has 0 amide bonds. The van der Waals surface area contributed by atoms with Crippen LogP contribution in [0.4, 0.5) is 13.2 Å². The third-order valence-electron chi connectivity index (χ3n) is 5.21. The Balaban J connectivity index is 0.00000363. The molecule has 0 saturated carbocycles. The zero-order valence-electron chi connectivity index (χ0n) is 18.2. The minimum Gasteiger partial charge on any atom is -0.357 e. The normalized spacial score (nSPS) is 17.2. The van der Waals surface area contributed by atoms with Crippen molar-refractivity contribution in [1.29, 1.82) is 0 Å². The van der Waals surface area contributed by atoms with Gasteiger partial charge in [-0.15, -0.1) is 34.2 Å². The van der Waals surface area contributed by atoms with E-state index in [1.165, 1.54) is 0 Å². The molecule has 1 aromatic carbocycles. The van der Waals surface area contributed by atoms with Gasteiger partial charge in [-0.1, -0.05) is 12.1 Å². The summed E-state index contributed by atoms with van der Waals surface area (Å²) in [7, 11) is 0. The number of nitrogens with zero attached hydrogens (tertiary/aromatic N) is 5. The molecular weight excluding hydrogens is 534 g/mol. The summed E-state index contributed by atoms with van der Waals surface area (Å²) in [5, 5.41) is 14.4. The fraction of sp³-hybridized carbons (Fsp3) is 0.571. The van der Waals surface area contributed by atoms with Crippen molar-refractivity contribution in [2.24, 2.45) is 4.99 Å². The molecule has 7 nitrogen and oxygen atoms in total. The van der Waals surface area contributed by atoms with Crippen LogP contribution in [0.25, 0.3) is 0 Å². The van der Waals surface area contributed by atoms with Gasteiger partial charge in [-0.3, -0.25) is 9.89 Å². The largest absolute Gasteiger partial charge is 0.416 e. The maximum Gasteiger partial charge on any atom is 0.416 e. The van der Waals surface area contributed by atoms with Crippen LogP contribution in [0.1, 0.15) is 37.3 Å². The van der Waals surface area contributed by atoms with E-state index in [2.05, 4.69) is 30.7 Å². The number of likely N-dealkylation sites (tertiary alicyclic amines) is 1. The van der Waals surface area contributed by atoms with E-state index in [-0.39, 0.29) is 30.0 Å². The molecule has 0 bridgehead atoms. The molecule has 0 spiro atoms. The summed E-state index contributed by atoms with van der Waals surface area (Å²) >= 11 is 0. The Bertz CT molecular complexity index is 810. The van der Waals surface area contributed by atoms with Gasteiger partial charge in [0.15, 0.2) is 5.96 Å². The fourth-order valence-corrected chi connectivity index (χ4v) is 3.60. The summed E-state index contributed by atoms with van der Waals surface area (Å²) in [4.78, 5) is 6.92. The van der Waals surface area contributed by atoms with Gasteiger partial charge in [-0.25, -0.2) is 0 Å². The summed E-state index contributed by atoms with van der Waals surface area (Å²) in [5.74, 6) is 0.813. The summed E-state index contributed by atoms with van der Waals surface area (Å²) in [6.07, 6.45) is 2.08. The number of alkyl halides is 3. The third-order valence-corrected chi connectivity index (χ3v) is 5.21. The smallest absolute Gasteiger partial charge is 0.357 e. The number of hydrogen-bond acceptors (Lipinski definition) is 4. The van der Waals surface area contributed by atoms with Gasteiger partial charge in [0.05, 0.1) is 5.56 Å². The third kappa shape index (κ3) is 8.57. The van der Waals surface area contributed by atoms with Crippen LogP contribution >= 0.6 is 24.0 Å². The molecule has 3 rings (SSSR count). The van der Waals surface area contributed by atoms with E-state index in [4.69, 9.17) is 0 Å². The van der Waals surface area contributed by atoms with E-state index in [1.807, 2.05) is 11.5 Å². The number of halogens is 4. The van der Waals surface area contributed by atoms with Crippen LogP contribution in [0, 0.1) is 0 Å². The van der Waals surface area contributed by atoms with E-state index in [0.717, 1.165) is 75.6 Å². The molecule has 1 saturated heterocycles. The van der Waals surface area contributed by atoms with E-state index >= 15 is 0 Å². The SMILES string of the molecule is CCNC(=NCCCCn1cnnc1)NC1CCN(Cc2ccc(C(F)(F)F)cc2)C1.I. The van der Waals surface area contributed by atoms with Gasteiger partial charge in [-0.05, 0) is 43.9 Å². The van der Waals surface area contributed by atoms with Crippen molar-refractivity contribution >= 4 is 29.9 Å². The zero-order valence-corrected chi connectivity index (χ0v) is 20.5. The summed E-state index contributed by atoms with van der Waals surface area (Å²) in [6.45, 7) is 6.82. The highest BCUT2D eigenvalue weighted by Crippen LogP contribution is 2.29. The predicted molar refractivity (Wildman–Crippen MR) is 129 cm³/mol. The zero-order chi connectivity index (χ0) is 22.1. The number of aromatic nitrogens is 3. The lowest BCUT2D eigenvalue weighted by Gasteiger charge is -2.19. The van der Waals surface area contributed by atoms with Crippen LogP contribution in [-0.2, 0) is 19.3 Å². The topological polar surface area (TPSA) is 70.4 Å². The average molecular weight is 565 g/mol. The van der Waals surface area contributed by atoms with Crippen molar-refractivity contribution in [2.45, 2.75) is 51.5 Å². The number of unbranched alkanes of at least 4 members (excludes halogenated alkanes) is 1. The Hall–Kier alpha value is -1.89. The molecule has 1 aromatic heterocycles. The van der Waals surface area contributed by atoms with E-state index in [0.29, 0.717) is 6.54 Å². The lowest BCUT2D eigenvalue weighted by molar-refractivity contribution is -0.137. The molecule has 1 unspecified atom stereocenters. The highest BCUT2D eigenvalue weighted by atomic mass is 127. The number of nitrogens with one attached hydrogen (secondary N) is 2. The van der Waals surface area contributed by atoms with Gasteiger partial charge in [0.1, 0.15) is 12.7 Å². The van der Waals surface area contributed by atoms with Gasteiger partial charge in [0.2, 0.25) is 0 Å². The molecule has 2 heterocycles. The molecule has 1 fully saturated rings. The Kier molecular flexibility index (Phi) is 10.7. The predicted octanol–water partition coefficient (Wildman–Crippen LogP) is 3.52. The van der Waals surface area contributed by atoms with Gasteiger partial charge < -0.3 is 15.2 Å². The highest BCUT2D eigenvalue weighted by Gasteiger charge is 2.30. The Labute approximate surface area is 203 Å². The van der Waals surface area contributed by atoms with Gasteiger partial charge in [-0.2, -0.15) is 13.2 Å². The minimum absolute atomic E-state index is 0. The maximum absolute atomic E-state index is 12.7. The molecular formula is C21H31F3IN7. The monoisotopic (exact) mass is 565 g/mol. The van der Waals surface area contributed by atoms with E-state index < -0.39 is 11.7 Å². The average Bonchev–Trinajstić information content (AvgIpc) is 3.40. The molecule has 1 aliphatic rings. The van der Waals surface area contributed by atoms with Crippen LogP contribution < -0.4 is 10.6 Å². The number of benzene rings is 1. The molecule has 11 heteroatoms. The summed E-state index contributed by atoms with van der Waals surface area (Å²) in [5.41, 5.74) is 0.285. The number of hydrogen-bond donors (Lipinski definition) is 2. The number of aliphatic imine (C=N–C) groups is 1. The first-order valence-corrected chi connectivity index (χ1v) is 10.7. The molecule has 1 aliphatic heterocycles. The first-order chi connectivity index (χ1) is 14.9. The fourth-order valence-electron chi connectivity index (χ4n) is 3.60. The van der Waals surface area contributed by atoms with Crippen molar-refractivity contribution in [1.82, 2.24) is 30.3 Å². The number of aryl methyl sites for hydroxylation is 1. The molecule has 2 N–H and O–H groups in total. The van der Waals surface area contributed by atoms with Crippen molar-refractivity contribution in [2.75, 3.05) is 26.2 Å². The molecule has 0 radical (unpaired) electrons. The summed E-state index contributed by atoms with van der Waals surface area (Å²) < 4.78 is 40.1. The Morgan fingerprint density at radius 2 is 1.88 bits per heavy atom. The lowest BCUT2D eigenvalue weighted by Crippen LogP contribution is -2.44. The van der Waals surface area contributed by atoms with Crippen molar-refractivity contribution in [3.63, 3.8) is 0 Å². The molecule has 2 aromatic rings. The number of rotatable bonds is 9. The Morgan fingerprint density at radius 1 is 1.16 bits per heavy atom. The second-order valence-electron chi connectivity index (χ2n) is 7.73. The van der Waals surface area contributed by atoms with Gasteiger partial charge in [0.25, 0.3) is 0 Å². The molecule has 0 aliphatic carbocycles. The molecule has 1 atom stereocenters. The van der Waals surface area contributed by atoms with Crippen LogP contribution in [0.5, 0.6) is 0 Å². The highest BCUT2D eigenvalue weighted by molar-refractivity contribution is 14.0. The van der Waals surface area contributed by atoms with Crippen LogP contribution in [0.3, 0.4) is 0 Å². The van der Waals surface area contributed by atoms with Crippen molar-refractivity contribution in [3.8, 4) is 0 Å². The van der Waals surface area contributed by atoms with Gasteiger partial charge >= 0.3 is 6.18 Å². The first kappa shape index (κ1) is 26.4.